The van der Waals surface area contributed by atoms with Gasteiger partial charge in [-0.2, -0.15) is 0 Å². The Morgan fingerprint density at radius 1 is 1.24 bits per heavy atom. The molecule has 0 aliphatic heterocycles. The summed E-state index contributed by atoms with van der Waals surface area (Å²) in [5.74, 6) is -2.26. The first-order chi connectivity index (χ1) is 11.8. The lowest BCUT2D eigenvalue weighted by molar-refractivity contribution is -0.151. The van der Waals surface area contributed by atoms with Crippen LogP contribution in [0.25, 0.3) is 0 Å². The Kier molecular flexibility index (Phi) is 6.18. The van der Waals surface area contributed by atoms with Gasteiger partial charge < -0.3 is 9.84 Å². The van der Waals surface area contributed by atoms with Gasteiger partial charge in [0.25, 0.3) is 0 Å². The minimum Gasteiger partial charge on any atom is -0.480 e. The number of aliphatic carboxylic acids is 1. The van der Waals surface area contributed by atoms with Crippen LogP contribution >= 0.6 is 0 Å². The number of ether oxygens (including phenoxy) is 1. The minimum absolute atomic E-state index is 0.0284. The summed E-state index contributed by atoms with van der Waals surface area (Å²) in [5, 5.41) is 9.36. The molecular weight excluding hydrogens is 346 g/mol. The van der Waals surface area contributed by atoms with Gasteiger partial charge in [0.05, 0.1) is 18.3 Å². The summed E-state index contributed by atoms with van der Waals surface area (Å²) in [6.45, 7) is 0. The van der Waals surface area contributed by atoms with E-state index in [0.717, 1.165) is 12.8 Å². The van der Waals surface area contributed by atoms with E-state index in [1.807, 2.05) is 0 Å². The number of hydrogen-bond donors (Lipinski definition) is 2. The standard InChI is InChI=1S/C17H23NO6S/c1-24-16(21)17(9-5-6-10-17)12-25(22,23)18-14(15(19)20)11-13-7-3-2-4-8-13/h2-4,7-8,14,18H,5-6,9-12H2,1H3,(H,19,20)/t14-/m1/s1. The van der Waals surface area contributed by atoms with Crippen molar-refractivity contribution in [1.29, 1.82) is 0 Å². The summed E-state index contributed by atoms with van der Waals surface area (Å²) in [7, 11) is -2.74. The molecule has 0 radical (unpaired) electrons. The van der Waals surface area contributed by atoms with Crippen LogP contribution in [-0.2, 0) is 30.8 Å². The molecule has 0 heterocycles. The Balaban J connectivity index is 2.14. The predicted molar refractivity (Wildman–Crippen MR) is 91.4 cm³/mol. The fourth-order valence-corrected chi connectivity index (χ4v) is 5.16. The molecule has 0 unspecified atom stereocenters. The van der Waals surface area contributed by atoms with Gasteiger partial charge in [-0.05, 0) is 24.8 Å². The Labute approximate surface area is 147 Å². The average Bonchev–Trinajstić information content (AvgIpc) is 3.03. The molecule has 1 fully saturated rings. The number of methoxy groups -OCH3 is 1. The number of sulfonamides is 1. The Bertz CT molecular complexity index is 710. The lowest BCUT2D eigenvalue weighted by atomic mass is 9.89. The molecule has 1 aromatic rings. The third-order valence-electron chi connectivity index (χ3n) is 4.55. The van der Waals surface area contributed by atoms with Gasteiger partial charge in [0.15, 0.2) is 0 Å². The predicted octanol–water partition coefficient (Wildman–Crippen LogP) is 1.34. The highest BCUT2D eigenvalue weighted by Gasteiger charge is 2.46. The number of nitrogens with one attached hydrogen (secondary N) is 1. The molecule has 7 nitrogen and oxygen atoms in total. The van der Waals surface area contributed by atoms with Crippen LogP contribution in [0.5, 0.6) is 0 Å². The molecule has 2 N–H and O–H groups in total. The number of carboxylic acids is 1. The highest BCUT2D eigenvalue weighted by atomic mass is 32.2. The number of benzene rings is 1. The van der Waals surface area contributed by atoms with Crippen LogP contribution in [0.4, 0.5) is 0 Å². The normalized spacial score (nSPS) is 17.8. The molecule has 8 heteroatoms. The highest BCUT2D eigenvalue weighted by Crippen LogP contribution is 2.40. The lowest BCUT2D eigenvalue weighted by Crippen LogP contribution is -2.47. The van der Waals surface area contributed by atoms with E-state index in [9.17, 15) is 23.1 Å². The molecule has 2 rings (SSSR count). The Hall–Kier alpha value is -1.93. The van der Waals surface area contributed by atoms with E-state index in [0.29, 0.717) is 18.4 Å². The number of esters is 1. The van der Waals surface area contributed by atoms with Crippen LogP contribution in [0, 0.1) is 5.41 Å². The highest BCUT2D eigenvalue weighted by molar-refractivity contribution is 7.89. The van der Waals surface area contributed by atoms with E-state index in [1.54, 1.807) is 30.3 Å². The summed E-state index contributed by atoms with van der Waals surface area (Å²) >= 11 is 0. The van der Waals surface area contributed by atoms with E-state index in [-0.39, 0.29) is 6.42 Å². The first-order valence-electron chi connectivity index (χ1n) is 8.13. The molecule has 0 amide bonds. The molecule has 0 bridgehead atoms. The van der Waals surface area contributed by atoms with E-state index in [1.165, 1.54) is 7.11 Å². The molecule has 138 valence electrons. The molecule has 1 aliphatic rings. The zero-order valence-corrected chi connectivity index (χ0v) is 14.9. The van der Waals surface area contributed by atoms with Gasteiger partial charge in [0.2, 0.25) is 10.0 Å². The maximum Gasteiger partial charge on any atom is 0.322 e. The smallest absolute Gasteiger partial charge is 0.322 e. The zero-order chi connectivity index (χ0) is 18.5. The third-order valence-corrected chi connectivity index (χ3v) is 6.12. The number of carboxylic acid groups (broad SMARTS) is 1. The molecular formula is C17H23NO6S. The second-order valence-corrected chi connectivity index (χ2v) is 8.19. The number of rotatable bonds is 8. The second kappa shape index (κ2) is 7.97. The SMILES string of the molecule is COC(=O)C1(CS(=O)(=O)N[C@H](Cc2ccccc2)C(=O)O)CCCC1. The van der Waals surface area contributed by atoms with Crippen molar-refractivity contribution in [2.45, 2.75) is 38.1 Å². The topological polar surface area (TPSA) is 110 Å². The van der Waals surface area contributed by atoms with Crippen molar-refractivity contribution in [3.8, 4) is 0 Å². The zero-order valence-electron chi connectivity index (χ0n) is 14.1. The summed E-state index contributed by atoms with van der Waals surface area (Å²) in [6, 6.07) is 7.49. The van der Waals surface area contributed by atoms with Crippen molar-refractivity contribution >= 4 is 22.0 Å². The van der Waals surface area contributed by atoms with Crippen molar-refractivity contribution in [3.63, 3.8) is 0 Å². The van der Waals surface area contributed by atoms with Crippen LogP contribution in [0.3, 0.4) is 0 Å². The van der Waals surface area contributed by atoms with Crippen LogP contribution in [0.1, 0.15) is 31.2 Å². The monoisotopic (exact) mass is 369 g/mol. The molecule has 25 heavy (non-hydrogen) atoms. The van der Waals surface area contributed by atoms with Gasteiger partial charge in [-0.25, -0.2) is 13.1 Å². The maximum atomic E-state index is 12.5. The summed E-state index contributed by atoms with van der Waals surface area (Å²) in [6.07, 6.45) is 2.38. The third kappa shape index (κ3) is 5.02. The van der Waals surface area contributed by atoms with Gasteiger partial charge >= 0.3 is 11.9 Å². The quantitative estimate of drug-likeness (QED) is 0.669. The molecule has 1 aromatic carbocycles. The number of hydrogen-bond acceptors (Lipinski definition) is 5. The second-order valence-electron chi connectivity index (χ2n) is 6.44. The largest absolute Gasteiger partial charge is 0.480 e. The van der Waals surface area contributed by atoms with Gasteiger partial charge in [0.1, 0.15) is 6.04 Å². The molecule has 1 saturated carbocycles. The summed E-state index contributed by atoms with van der Waals surface area (Å²) in [4.78, 5) is 23.6. The van der Waals surface area contributed by atoms with Crippen LogP contribution in [0.2, 0.25) is 0 Å². The Morgan fingerprint density at radius 3 is 2.36 bits per heavy atom. The van der Waals surface area contributed by atoms with E-state index < -0.39 is 39.2 Å². The average molecular weight is 369 g/mol. The molecule has 0 spiro atoms. The fourth-order valence-electron chi connectivity index (χ4n) is 3.33. The van der Waals surface area contributed by atoms with Gasteiger partial charge in [-0.1, -0.05) is 43.2 Å². The van der Waals surface area contributed by atoms with E-state index >= 15 is 0 Å². The van der Waals surface area contributed by atoms with Crippen molar-refractivity contribution in [2.24, 2.45) is 5.41 Å². The van der Waals surface area contributed by atoms with Gasteiger partial charge in [0, 0.05) is 0 Å². The van der Waals surface area contributed by atoms with Crippen molar-refractivity contribution < 1.29 is 27.9 Å². The molecule has 1 aliphatic carbocycles. The first kappa shape index (κ1) is 19.4. The van der Waals surface area contributed by atoms with Crippen LogP contribution < -0.4 is 4.72 Å². The van der Waals surface area contributed by atoms with Crippen molar-refractivity contribution in [2.75, 3.05) is 12.9 Å². The van der Waals surface area contributed by atoms with Crippen LogP contribution in [0.15, 0.2) is 30.3 Å². The summed E-state index contributed by atoms with van der Waals surface area (Å²) < 4.78 is 32.1. The van der Waals surface area contributed by atoms with Crippen molar-refractivity contribution in [1.82, 2.24) is 4.72 Å². The fraction of sp³-hybridized carbons (Fsp3) is 0.529. The summed E-state index contributed by atoms with van der Waals surface area (Å²) in [5.41, 5.74) is -0.378. The van der Waals surface area contributed by atoms with E-state index in [4.69, 9.17) is 4.74 Å². The number of carbonyl (C=O) groups is 2. The van der Waals surface area contributed by atoms with E-state index in [2.05, 4.69) is 4.72 Å². The molecule has 1 atom stereocenters. The number of carbonyl (C=O) groups excluding carboxylic acids is 1. The lowest BCUT2D eigenvalue weighted by Gasteiger charge is -2.26. The maximum absolute atomic E-state index is 12.5. The Morgan fingerprint density at radius 2 is 1.84 bits per heavy atom. The molecule has 0 saturated heterocycles. The minimum atomic E-state index is -3.97. The van der Waals surface area contributed by atoms with Gasteiger partial charge in [-0.15, -0.1) is 0 Å². The first-order valence-corrected chi connectivity index (χ1v) is 9.78. The van der Waals surface area contributed by atoms with Crippen LogP contribution in [-0.4, -0.2) is 44.4 Å². The van der Waals surface area contributed by atoms with Gasteiger partial charge in [-0.3, -0.25) is 9.59 Å². The van der Waals surface area contributed by atoms with Crippen molar-refractivity contribution in [3.05, 3.63) is 35.9 Å². The molecule has 0 aromatic heterocycles.